The van der Waals surface area contributed by atoms with Crippen LogP contribution in [0.4, 0.5) is 0 Å². The number of hydrogen-bond donors (Lipinski definition) is 2. The van der Waals surface area contributed by atoms with E-state index >= 15 is 0 Å². The van der Waals surface area contributed by atoms with E-state index in [-0.39, 0.29) is 59.5 Å². The minimum absolute atomic E-state index is 0. The van der Waals surface area contributed by atoms with E-state index < -0.39 is 0 Å². The maximum absolute atomic E-state index is 12.8. The van der Waals surface area contributed by atoms with Gasteiger partial charge >= 0.3 is 0 Å². The number of amides is 2. The predicted octanol–water partition coefficient (Wildman–Crippen LogP) is 2.96. The molecular weight excluding hydrogens is 519 g/mol. The van der Waals surface area contributed by atoms with Crippen LogP contribution in [0, 0.1) is 23.7 Å². The van der Waals surface area contributed by atoms with Crippen molar-refractivity contribution in [3.05, 3.63) is 42.0 Å². The number of aliphatic imine (C=N–C) groups is 1. The second-order valence-electron chi connectivity index (χ2n) is 8.53. The normalized spacial score (nSPS) is 25.7. The van der Waals surface area contributed by atoms with E-state index in [0.717, 1.165) is 37.2 Å². The first-order valence-corrected chi connectivity index (χ1v) is 11.3. The number of benzene rings is 1. The number of likely N-dealkylation sites (tertiary alicyclic amines) is 1. The number of rotatable bonds is 9. The zero-order valence-corrected chi connectivity index (χ0v) is 21.1. The molecule has 2 bridgehead atoms. The summed E-state index contributed by atoms with van der Waals surface area (Å²) in [5, 5.41) is 6.49. The molecule has 2 aliphatic carbocycles. The summed E-state index contributed by atoms with van der Waals surface area (Å²) in [6.45, 7) is 4.31. The summed E-state index contributed by atoms with van der Waals surface area (Å²) in [5.74, 6) is 1.74. The Morgan fingerprint density at radius 3 is 2.53 bits per heavy atom. The van der Waals surface area contributed by atoms with Crippen LogP contribution in [0.1, 0.15) is 31.7 Å². The van der Waals surface area contributed by atoms with Gasteiger partial charge in [-0.1, -0.05) is 37.6 Å². The lowest BCUT2D eigenvalue weighted by Crippen LogP contribution is -2.43. The molecule has 1 aliphatic heterocycles. The number of halogens is 1. The zero-order valence-electron chi connectivity index (χ0n) is 18.8. The van der Waals surface area contributed by atoms with Crippen molar-refractivity contribution in [3.63, 3.8) is 0 Å². The maximum Gasteiger partial charge on any atom is 0.233 e. The second-order valence-corrected chi connectivity index (χ2v) is 8.53. The molecule has 3 aliphatic rings. The first-order valence-electron chi connectivity index (χ1n) is 11.3. The Labute approximate surface area is 207 Å². The van der Waals surface area contributed by atoms with Gasteiger partial charge in [-0.25, -0.2) is 0 Å². The van der Waals surface area contributed by atoms with Gasteiger partial charge in [-0.05, 0) is 42.4 Å². The number of imide groups is 1. The number of carbonyl (C=O) groups excluding carboxylic acids is 2. The fourth-order valence-corrected chi connectivity index (χ4v) is 4.96. The van der Waals surface area contributed by atoms with Crippen molar-refractivity contribution in [3.8, 4) is 5.75 Å². The van der Waals surface area contributed by atoms with Gasteiger partial charge in [0, 0.05) is 26.7 Å². The number of carbonyl (C=O) groups is 2. The van der Waals surface area contributed by atoms with Crippen LogP contribution in [0.25, 0.3) is 0 Å². The molecule has 0 aromatic heterocycles. The molecule has 174 valence electrons. The van der Waals surface area contributed by atoms with Crippen molar-refractivity contribution in [1.82, 2.24) is 15.5 Å². The predicted molar refractivity (Wildman–Crippen MR) is 135 cm³/mol. The molecule has 8 heteroatoms. The molecular formula is C24H33IN4O3. The SMILES string of the molecule is CCCCOc1cccc(CNC(=NC)NCCN2C(=O)C3C4C=CC(C4)C3C2=O)c1.I. The van der Waals surface area contributed by atoms with E-state index in [1.165, 1.54) is 4.90 Å². The number of guanidine groups is 1. The van der Waals surface area contributed by atoms with E-state index in [9.17, 15) is 9.59 Å². The Hall–Kier alpha value is -2.10. The Morgan fingerprint density at radius 2 is 1.88 bits per heavy atom. The quantitative estimate of drug-likeness (QED) is 0.123. The van der Waals surface area contributed by atoms with Crippen LogP contribution < -0.4 is 15.4 Å². The minimum Gasteiger partial charge on any atom is -0.494 e. The third-order valence-corrected chi connectivity index (χ3v) is 6.54. The molecule has 2 N–H and O–H groups in total. The highest BCUT2D eigenvalue weighted by Gasteiger charge is 2.58. The Kier molecular flexibility index (Phi) is 8.56. The smallest absolute Gasteiger partial charge is 0.233 e. The van der Waals surface area contributed by atoms with E-state index in [0.29, 0.717) is 25.6 Å². The van der Waals surface area contributed by atoms with Crippen molar-refractivity contribution in [1.29, 1.82) is 0 Å². The van der Waals surface area contributed by atoms with Gasteiger partial charge in [-0.2, -0.15) is 0 Å². The van der Waals surface area contributed by atoms with Crippen molar-refractivity contribution in [2.24, 2.45) is 28.7 Å². The first-order chi connectivity index (χ1) is 15.1. The Bertz CT molecular complexity index is 858. The van der Waals surface area contributed by atoms with E-state index in [1.807, 2.05) is 24.3 Å². The van der Waals surface area contributed by atoms with Crippen LogP contribution in [-0.4, -0.2) is 49.4 Å². The molecule has 4 rings (SSSR count). The van der Waals surface area contributed by atoms with Gasteiger partial charge in [0.25, 0.3) is 0 Å². The molecule has 0 spiro atoms. The molecule has 7 nitrogen and oxygen atoms in total. The van der Waals surface area contributed by atoms with Gasteiger partial charge in [-0.3, -0.25) is 19.5 Å². The van der Waals surface area contributed by atoms with E-state index in [4.69, 9.17) is 4.74 Å². The number of nitrogens with zero attached hydrogens (tertiary/aromatic N) is 2. The first kappa shape index (κ1) is 24.5. The molecule has 1 saturated heterocycles. The van der Waals surface area contributed by atoms with Crippen molar-refractivity contribution in [2.45, 2.75) is 32.7 Å². The number of fused-ring (bicyclic) bond motifs is 5. The summed E-state index contributed by atoms with van der Waals surface area (Å²) in [4.78, 5) is 31.2. The van der Waals surface area contributed by atoms with Crippen LogP contribution in [0.2, 0.25) is 0 Å². The fourth-order valence-electron chi connectivity index (χ4n) is 4.96. The fraction of sp³-hybridized carbons (Fsp3) is 0.542. The van der Waals surface area contributed by atoms with Crippen molar-refractivity contribution < 1.29 is 14.3 Å². The summed E-state index contributed by atoms with van der Waals surface area (Å²) in [7, 11) is 1.71. The van der Waals surface area contributed by atoms with Gasteiger partial charge in [-0.15, -0.1) is 24.0 Å². The molecule has 1 aromatic carbocycles. The molecule has 1 aromatic rings. The lowest BCUT2D eigenvalue weighted by Gasteiger charge is -2.18. The average molecular weight is 552 g/mol. The molecule has 1 heterocycles. The minimum atomic E-state index is -0.133. The lowest BCUT2D eigenvalue weighted by molar-refractivity contribution is -0.140. The Morgan fingerprint density at radius 1 is 1.16 bits per heavy atom. The highest BCUT2D eigenvalue weighted by Crippen LogP contribution is 2.52. The summed E-state index contributed by atoms with van der Waals surface area (Å²) in [6.07, 6.45) is 7.35. The lowest BCUT2D eigenvalue weighted by atomic mass is 9.85. The second kappa shape index (κ2) is 11.2. The zero-order chi connectivity index (χ0) is 21.8. The van der Waals surface area contributed by atoms with E-state index in [1.54, 1.807) is 7.05 Å². The van der Waals surface area contributed by atoms with Gasteiger partial charge in [0.15, 0.2) is 5.96 Å². The summed E-state index contributed by atoms with van der Waals surface area (Å²) in [5.41, 5.74) is 1.10. The molecule has 4 atom stereocenters. The molecule has 1 saturated carbocycles. The van der Waals surface area contributed by atoms with Crippen molar-refractivity contribution >= 4 is 41.8 Å². The Balaban J connectivity index is 0.00000289. The third kappa shape index (κ3) is 5.10. The molecule has 0 radical (unpaired) electrons. The molecule has 2 amide bonds. The van der Waals surface area contributed by atoms with Crippen LogP contribution >= 0.6 is 24.0 Å². The number of unbranched alkanes of at least 4 members (excludes halogenated alkanes) is 1. The largest absolute Gasteiger partial charge is 0.494 e. The maximum atomic E-state index is 12.8. The van der Waals surface area contributed by atoms with Gasteiger partial charge in [0.2, 0.25) is 11.8 Å². The van der Waals surface area contributed by atoms with E-state index in [2.05, 4.69) is 34.7 Å². The summed E-state index contributed by atoms with van der Waals surface area (Å²) < 4.78 is 5.77. The van der Waals surface area contributed by atoms with Crippen molar-refractivity contribution in [2.75, 3.05) is 26.7 Å². The highest BCUT2D eigenvalue weighted by atomic mass is 127. The number of nitrogens with one attached hydrogen (secondary N) is 2. The van der Waals surface area contributed by atoms with Gasteiger partial charge < -0.3 is 15.4 Å². The average Bonchev–Trinajstić information content (AvgIpc) is 3.46. The monoisotopic (exact) mass is 552 g/mol. The number of allylic oxidation sites excluding steroid dienone is 2. The highest BCUT2D eigenvalue weighted by molar-refractivity contribution is 14.0. The summed E-state index contributed by atoms with van der Waals surface area (Å²) in [6, 6.07) is 8.01. The van der Waals surface area contributed by atoms with Crippen LogP contribution in [0.3, 0.4) is 0 Å². The third-order valence-electron chi connectivity index (χ3n) is 6.54. The van der Waals surface area contributed by atoms with Crippen LogP contribution in [0.15, 0.2) is 41.4 Å². The standard InChI is InChI=1S/C24H32N4O3.HI/c1-3-4-12-31-19-7-5-6-16(13-19)15-27-24(25-2)26-10-11-28-22(29)20-17-8-9-18(14-17)21(20)23(28)30;/h5-9,13,17-18,20-21H,3-4,10-12,14-15H2,1-2H3,(H2,25,26,27);1H. The number of ether oxygens (including phenoxy) is 1. The molecule has 32 heavy (non-hydrogen) atoms. The topological polar surface area (TPSA) is 83.0 Å². The summed E-state index contributed by atoms with van der Waals surface area (Å²) >= 11 is 0. The molecule has 4 unspecified atom stereocenters. The van der Waals surface area contributed by atoms with Crippen LogP contribution in [0.5, 0.6) is 5.75 Å². The van der Waals surface area contributed by atoms with Crippen LogP contribution in [-0.2, 0) is 16.1 Å². The number of hydrogen-bond acceptors (Lipinski definition) is 4. The van der Waals surface area contributed by atoms with Gasteiger partial charge in [0.1, 0.15) is 5.75 Å². The molecule has 2 fully saturated rings. The van der Waals surface area contributed by atoms with Gasteiger partial charge in [0.05, 0.1) is 18.4 Å².